The molecule has 1 saturated heterocycles. The number of hydrogen-bond donors (Lipinski definition) is 1. The molecule has 1 fully saturated rings. The Labute approximate surface area is 60.0 Å². The van der Waals surface area contributed by atoms with E-state index in [1.165, 1.54) is 0 Å². The Morgan fingerprint density at radius 2 is 2.30 bits per heavy atom. The maximum absolute atomic E-state index is 10.3. The Morgan fingerprint density at radius 1 is 1.60 bits per heavy atom. The molecule has 0 amide bonds. The van der Waals surface area contributed by atoms with Crippen LogP contribution >= 0.6 is 0 Å². The maximum Gasteiger partial charge on any atom is 0.332 e. The van der Waals surface area contributed by atoms with E-state index in [2.05, 4.69) is 6.92 Å². The van der Waals surface area contributed by atoms with Crippen LogP contribution in [0.4, 0.5) is 0 Å². The van der Waals surface area contributed by atoms with Gasteiger partial charge in [-0.3, -0.25) is 0 Å². The molecule has 2 atom stereocenters. The first kappa shape index (κ1) is 7.54. The van der Waals surface area contributed by atoms with E-state index >= 15 is 0 Å². The van der Waals surface area contributed by atoms with Crippen molar-refractivity contribution in [2.75, 3.05) is 6.61 Å². The van der Waals surface area contributed by atoms with Crippen molar-refractivity contribution in [1.29, 1.82) is 0 Å². The van der Waals surface area contributed by atoms with Gasteiger partial charge in [-0.15, -0.1) is 0 Å². The summed E-state index contributed by atoms with van der Waals surface area (Å²) in [5.74, 6) is -0.303. The zero-order chi connectivity index (χ0) is 7.56. The van der Waals surface area contributed by atoms with Gasteiger partial charge in [0.1, 0.15) is 0 Å². The third kappa shape index (κ3) is 1.70. The molecule has 0 aromatic carbocycles. The molecule has 3 heteroatoms. The Kier molecular flexibility index (Phi) is 2.27. The topological polar surface area (TPSA) is 46.5 Å². The molecular weight excluding hydrogens is 132 g/mol. The number of hydrogen-bond acceptors (Lipinski definition) is 2. The highest BCUT2D eigenvalue weighted by Gasteiger charge is 2.23. The smallest absolute Gasteiger partial charge is 0.332 e. The molecule has 58 valence electrons. The molecule has 1 aliphatic rings. The Balaban J connectivity index is 2.33. The van der Waals surface area contributed by atoms with E-state index in [0.717, 1.165) is 6.42 Å². The second-order valence-electron chi connectivity index (χ2n) is 2.84. The molecule has 0 radical (unpaired) electrons. The van der Waals surface area contributed by atoms with Crippen molar-refractivity contribution in [2.24, 2.45) is 5.92 Å². The lowest BCUT2D eigenvalue weighted by molar-refractivity contribution is -0.154. The number of carboxylic acid groups (broad SMARTS) is 1. The molecule has 1 N–H and O–H groups in total. The van der Waals surface area contributed by atoms with Crippen LogP contribution in [-0.2, 0) is 9.53 Å². The van der Waals surface area contributed by atoms with Crippen molar-refractivity contribution >= 4 is 5.97 Å². The van der Waals surface area contributed by atoms with Crippen molar-refractivity contribution in [3.05, 3.63) is 0 Å². The first-order chi connectivity index (χ1) is 4.70. The van der Waals surface area contributed by atoms with Crippen LogP contribution in [0, 0.1) is 5.92 Å². The summed E-state index contributed by atoms with van der Waals surface area (Å²) in [5.41, 5.74) is 0. The number of aliphatic carboxylic acids is 1. The first-order valence-corrected chi connectivity index (χ1v) is 3.54. The van der Waals surface area contributed by atoms with Crippen LogP contribution in [0.15, 0.2) is 0 Å². The summed E-state index contributed by atoms with van der Waals surface area (Å²) in [7, 11) is 0. The standard InChI is InChI=1S/C7H12O3/c1-5-2-3-6(7(8)9)10-4-5/h5-6H,2-4H2,1H3,(H,8,9)/t5-,6?/m0/s1. The minimum atomic E-state index is -0.827. The molecule has 10 heavy (non-hydrogen) atoms. The molecular formula is C7H12O3. The molecule has 1 heterocycles. The second-order valence-corrected chi connectivity index (χ2v) is 2.84. The van der Waals surface area contributed by atoms with Crippen molar-refractivity contribution in [1.82, 2.24) is 0 Å². The van der Waals surface area contributed by atoms with Gasteiger partial charge in [-0.2, -0.15) is 0 Å². The SMILES string of the molecule is C[C@H]1CCC(C(=O)O)OC1. The van der Waals surface area contributed by atoms with Crippen LogP contribution < -0.4 is 0 Å². The normalized spacial score (nSPS) is 33.7. The van der Waals surface area contributed by atoms with Crippen LogP contribution in [0.1, 0.15) is 19.8 Å². The van der Waals surface area contributed by atoms with Crippen LogP contribution in [0.3, 0.4) is 0 Å². The van der Waals surface area contributed by atoms with Crippen LogP contribution in [0.25, 0.3) is 0 Å². The van der Waals surface area contributed by atoms with Crippen molar-refractivity contribution in [3.63, 3.8) is 0 Å². The van der Waals surface area contributed by atoms with E-state index < -0.39 is 12.1 Å². The first-order valence-electron chi connectivity index (χ1n) is 3.54. The van der Waals surface area contributed by atoms with Gasteiger partial charge in [-0.1, -0.05) is 6.92 Å². The monoisotopic (exact) mass is 144 g/mol. The van der Waals surface area contributed by atoms with Gasteiger partial charge in [0.15, 0.2) is 6.10 Å². The second kappa shape index (κ2) is 3.01. The predicted molar refractivity (Wildman–Crippen MR) is 35.8 cm³/mol. The summed E-state index contributed by atoms with van der Waals surface area (Å²) in [6.07, 6.45) is 1.09. The quantitative estimate of drug-likeness (QED) is 0.594. The van der Waals surface area contributed by atoms with Crippen molar-refractivity contribution in [3.8, 4) is 0 Å². The summed E-state index contributed by atoms with van der Waals surface area (Å²) in [5, 5.41) is 8.50. The molecule has 0 aliphatic carbocycles. The lowest BCUT2D eigenvalue weighted by Crippen LogP contribution is -2.30. The summed E-state index contributed by atoms with van der Waals surface area (Å²) < 4.78 is 5.05. The summed E-state index contributed by atoms with van der Waals surface area (Å²) >= 11 is 0. The lowest BCUT2D eigenvalue weighted by atomic mass is 10.0. The molecule has 1 unspecified atom stereocenters. The lowest BCUT2D eigenvalue weighted by Gasteiger charge is -2.23. The molecule has 0 aromatic rings. The van der Waals surface area contributed by atoms with Gasteiger partial charge in [0.05, 0.1) is 6.61 Å². The Morgan fingerprint density at radius 3 is 2.70 bits per heavy atom. The zero-order valence-corrected chi connectivity index (χ0v) is 6.04. The average molecular weight is 144 g/mol. The van der Waals surface area contributed by atoms with E-state index in [0.29, 0.717) is 18.9 Å². The van der Waals surface area contributed by atoms with E-state index in [1.54, 1.807) is 0 Å². The van der Waals surface area contributed by atoms with Gasteiger partial charge < -0.3 is 9.84 Å². The molecule has 1 rings (SSSR count). The molecule has 0 bridgehead atoms. The zero-order valence-electron chi connectivity index (χ0n) is 6.04. The molecule has 0 spiro atoms. The highest BCUT2D eigenvalue weighted by molar-refractivity contribution is 5.72. The minimum absolute atomic E-state index is 0.524. The predicted octanol–water partition coefficient (Wildman–Crippen LogP) is 0.886. The Bertz CT molecular complexity index is 125. The summed E-state index contributed by atoms with van der Waals surface area (Å²) in [6.45, 7) is 2.66. The fourth-order valence-electron chi connectivity index (χ4n) is 1.08. The summed E-state index contributed by atoms with van der Waals surface area (Å²) in [6, 6.07) is 0. The average Bonchev–Trinajstić information content (AvgIpc) is 1.88. The molecule has 0 saturated carbocycles. The van der Waals surface area contributed by atoms with Crippen LogP contribution in [-0.4, -0.2) is 23.8 Å². The third-order valence-corrected chi connectivity index (χ3v) is 1.78. The highest BCUT2D eigenvalue weighted by atomic mass is 16.5. The Hall–Kier alpha value is -0.570. The molecule has 3 nitrogen and oxygen atoms in total. The van der Waals surface area contributed by atoms with Gasteiger partial charge in [0, 0.05) is 0 Å². The maximum atomic E-state index is 10.3. The highest BCUT2D eigenvalue weighted by Crippen LogP contribution is 2.17. The molecule has 0 aromatic heterocycles. The van der Waals surface area contributed by atoms with E-state index in [-0.39, 0.29) is 0 Å². The van der Waals surface area contributed by atoms with E-state index in [4.69, 9.17) is 9.84 Å². The fourth-order valence-corrected chi connectivity index (χ4v) is 1.08. The van der Waals surface area contributed by atoms with Gasteiger partial charge in [0.2, 0.25) is 0 Å². The van der Waals surface area contributed by atoms with Gasteiger partial charge in [-0.25, -0.2) is 4.79 Å². The van der Waals surface area contributed by atoms with Crippen molar-refractivity contribution < 1.29 is 14.6 Å². The largest absolute Gasteiger partial charge is 0.479 e. The van der Waals surface area contributed by atoms with Crippen molar-refractivity contribution in [2.45, 2.75) is 25.9 Å². The van der Waals surface area contributed by atoms with E-state index in [9.17, 15) is 4.79 Å². The number of carboxylic acids is 1. The van der Waals surface area contributed by atoms with Crippen LogP contribution in [0.2, 0.25) is 0 Å². The van der Waals surface area contributed by atoms with Gasteiger partial charge in [-0.05, 0) is 18.8 Å². The number of ether oxygens (including phenoxy) is 1. The number of carbonyl (C=O) groups is 1. The summed E-state index contributed by atoms with van der Waals surface area (Å²) in [4.78, 5) is 10.3. The fraction of sp³-hybridized carbons (Fsp3) is 0.857. The number of rotatable bonds is 1. The molecule has 1 aliphatic heterocycles. The van der Waals surface area contributed by atoms with E-state index in [1.807, 2.05) is 0 Å². The van der Waals surface area contributed by atoms with Gasteiger partial charge >= 0.3 is 5.97 Å². The minimum Gasteiger partial charge on any atom is -0.479 e. The third-order valence-electron chi connectivity index (χ3n) is 1.78. The van der Waals surface area contributed by atoms with Gasteiger partial charge in [0.25, 0.3) is 0 Å². The van der Waals surface area contributed by atoms with Crippen LogP contribution in [0.5, 0.6) is 0 Å².